The first kappa shape index (κ1) is 11.0. The molecule has 0 unspecified atom stereocenters. The summed E-state index contributed by atoms with van der Waals surface area (Å²) in [4.78, 5) is 0.146. The molecule has 3 heteroatoms. The van der Waals surface area contributed by atoms with Crippen LogP contribution < -0.4 is 0 Å². The van der Waals surface area contributed by atoms with Crippen LogP contribution in [-0.2, 0) is 0 Å². The van der Waals surface area contributed by atoms with Crippen LogP contribution in [0.4, 0.5) is 0 Å². The number of hydrogen-bond donors (Lipinski definition) is 0. The molecular weight excluding hydrogens is 244 g/mol. The van der Waals surface area contributed by atoms with Gasteiger partial charge in [-0.05, 0) is 0 Å². The minimum Gasteiger partial charge on any atom is -0.413 e. The van der Waals surface area contributed by atoms with Crippen molar-refractivity contribution >= 4 is 12.2 Å². The quantitative estimate of drug-likeness (QED) is 0.606. The first-order chi connectivity index (χ1) is 8.84. The minimum absolute atomic E-state index is 0.146. The molecule has 0 aliphatic heterocycles. The largest absolute Gasteiger partial charge is 0.413 e. The van der Waals surface area contributed by atoms with Crippen LogP contribution in [0.1, 0.15) is 0 Å². The highest BCUT2D eigenvalue weighted by atomic mass is 32.1. The Labute approximate surface area is 110 Å². The molecule has 0 fully saturated rings. The van der Waals surface area contributed by atoms with Gasteiger partial charge in [-0.25, -0.2) is 0 Å². The molecule has 0 atom stereocenters. The highest BCUT2D eigenvalue weighted by Crippen LogP contribution is 2.33. The van der Waals surface area contributed by atoms with Crippen molar-refractivity contribution in [1.82, 2.24) is 0 Å². The molecule has 0 radical (unpaired) electrons. The normalized spacial score (nSPS) is 10.4. The molecule has 0 saturated heterocycles. The van der Waals surface area contributed by atoms with Crippen LogP contribution >= 0.6 is 12.2 Å². The Balaban J connectivity index is 2.21. The molecular formula is C15H10O2S. The fourth-order valence-electron chi connectivity index (χ4n) is 1.84. The van der Waals surface area contributed by atoms with Gasteiger partial charge >= 0.3 is 4.90 Å². The molecule has 2 nitrogen and oxygen atoms in total. The smallest absolute Gasteiger partial charge is 0.363 e. The van der Waals surface area contributed by atoms with Gasteiger partial charge in [0.25, 0.3) is 0 Å². The van der Waals surface area contributed by atoms with E-state index in [0.29, 0.717) is 11.5 Å². The SMILES string of the molecule is S=c1oc(-c2ccccc2)c(-c2ccccc2)o1. The van der Waals surface area contributed by atoms with Crippen molar-refractivity contribution in [3.05, 3.63) is 65.6 Å². The predicted octanol–water partition coefficient (Wildman–Crippen LogP) is 4.94. The Morgan fingerprint density at radius 3 is 1.39 bits per heavy atom. The molecule has 0 spiro atoms. The van der Waals surface area contributed by atoms with E-state index in [2.05, 4.69) is 0 Å². The molecule has 88 valence electrons. The summed E-state index contributed by atoms with van der Waals surface area (Å²) in [6.45, 7) is 0. The fraction of sp³-hybridized carbons (Fsp3) is 0. The minimum atomic E-state index is 0.146. The third-order valence-corrected chi connectivity index (χ3v) is 2.82. The van der Waals surface area contributed by atoms with Crippen LogP contribution in [0.3, 0.4) is 0 Å². The van der Waals surface area contributed by atoms with Crippen molar-refractivity contribution in [1.29, 1.82) is 0 Å². The Kier molecular flexibility index (Phi) is 2.82. The molecule has 0 aliphatic rings. The van der Waals surface area contributed by atoms with E-state index in [1.807, 2.05) is 60.7 Å². The molecule has 2 aromatic carbocycles. The maximum Gasteiger partial charge on any atom is 0.363 e. The topological polar surface area (TPSA) is 26.3 Å². The third kappa shape index (κ3) is 2.00. The average Bonchev–Trinajstić information content (AvgIpc) is 2.83. The van der Waals surface area contributed by atoms with Crippen molar-refractivity contribution < 1.29 is 8.83 Å². The van der Waals surface area contributed by atoms with E-state index in [1.54, 1.807) is 0 Å². The van der Waals surface area contributed by atoms with Crippen LogP contribution in [0.2, 0.25) is 0 Å². The van der Waals surface area contributed by atoms with Gasteiger partial charge in [-0.15, -0.1) is 0 Å². The van der Waals surface area contributed by atoms with E-state index in [9.17, 15) is 0 Å². The number of rotatable bonds is 2. The Morgan fingerprint density at radius 1 is 0.611 bits per heavy atom. The van der Waals surface area contributed by atoms with E-state index >= 15 is 0 Å². The Morgan fingerprint density at radius 2 is 1.00 bits per heavy atom. The molecule has 3 aromatic rings. The predicted molar refractivity (Wildman–Crippen MR) is 72.7 cm³/mol. The van der Waals surface area contributed by atoms with Crippen LogP contribution in [0.15, 0.2) is 69.5 Å². The van der Waals surface area contributed by atoms with E-state index in [-0.39, 0.29) is 4.90 Å². The van der Waals surface area contributed by atoms with Gasteiger partial charge < -0.3 is 8.83 Å². The highest BCUT2D eigenvalue weighted by molar-refractivity contribution is 7.71. The van der Waals surface area contributed by atoms with Crippen molar-refractivity contribution in [3.63, 3.8) is 0 Å². The van der Waals surface area contributed by atoms with Crippen LogP contribution in [0.25, 0.3) is 22.6 Å². The second-order valence-electron chi connectivity index (χ2n) is 3.84. The molecule has 1 aromatic heterocycles. The zero-order valence-electron chi connectivity index (χ0n) is 9.50. The monoisotopic (exact) mass is 254 g/mol. The van der Waals surface area contributed by atoms with Gasteiger partial charge in [0.05, 0.1) is 0 Å². The summed E-state index contributed by atoms with van der Waals surface area (Å²) < 4.78 is 11.0. The molecule has 0 bridgehead atoms. The van der Waals surface area contributed by atoms with Gasteiger partial charge in [-0.2, -0.15) is 0 Å². The van der Waals surface area contributed by atoms with Crippen molar-refractivity contribution in [3.8, 4) is 22.6 Å². The van der Waals surface area contributed by atoms with Crippen molar-refractivity contribution in [2.75, 3.05) is 0 Å². The van der Waals surface area contributed by atoms with E-state index in [0.717, 1.165) is 11.1 Å². The lowest BCUT2D eigenvalue weighted by Crippen LogP contribution is -1.78. The lowest BCUT2D eigenvalue weighted by molar-refractivity contribution is 0.427. The number of hydrogen-bond acceptors (Lipinski definition) is 3. The second kappa shape index (κ2) is 4.63. The molecule has 18 heavy (non-hydrogen) atoms. The van der Waals surface area contributed by atoms with Gasteiger partial charge in [0.2, 0.25) is 0 Å². The van der Waals surface area contributed by atoms with E-state index < -0.39 is 0 Å². The molecule has 0 amide bonds. The zero-order valence-corrected chi connectivity index (χ0v) is 10.3. The third-order valence-electron chi connectivity index (χ3n) is 2.65. The molecule has 0 N–H and O–H groups in total. The first-order valence-electron chi connectivity index (χ1n) is 5.59. The molecule has 3 rings (SSSR count). The lowest BCUT2D eigenvalue weighted by atomic mass is 10.1. The van der Waals surface area contributed by atoms with Crippen LogP contribution in [0.5, 0.6) is 0 Å². The van der Waals surface area contributed by atoms with Crippen LogP contribution in [0, 0.1) is 4.90 Å². The summed E-state index contributed by atoms with van der Waals surface area (Å²) in [5.74, 6) is 1.35. The van der Waals surface area contributed by atoms with Gasteiger partial charge in [-0.1, -0.05) is 60.7 Å². The summed E-state index contributed by atoms with van der Waals surface area (Å²) >= 11 is 4.99. The zero-order chi connectivity index (χ0) is 12.4. The van der Waals surface area contributed by atoms with Gasteiger partial charge in [0.1, 0.15) is 0 Å². The lowest BCUT2D eigenvalue weighted by Gasteiger charge is -1.99. The molecule has 0 aliphatic carbocycles. The summed E-state index contributed by atoms with van der Waals surface area (Å²) in [6.07, 6.45) is 0. The van der Waals surface area contributed by atoms with Gasteiger partial charge in [0.15, 0.2) is 11.5 Å². The van der Waals surface area contributed by atoms with E-state index in [1.165, 1.54) is 0 Å². The fourth-order valence-corrected chi connectivity index (χ4v) is 2.01. The Hall–Kier alpha value is -2.13. The Bertz CT molecular complexity index is 636. The second-order valence-corrected chi connectivity index (χ2v) is 4.18. The summed E-state index contributed by atoms with van der Waals surface area (Å²) in [5.41, 5.74) is 1.91. The molecule has 1 heterocycles. The molecule has 0 saturated carbocycles. The summed E-state index contributed by atoms with van der Waals surface area (Å²) in [7, 11) is 0. The summed E-state index contributed by atoms with van der Waals surface area (Å²) in [6, 6.07) is 19.6. The van der Waals surface area contributed by atoms with Gasteiger partial charge in [-0.3, -0.25) is 0 Å². The first-order valence-corrected chi connectivity index (χ1v) is 6.00. The summed E-state index contributed by atoms with van der Waals surface area (Å²) in [5, 5.41) is 0. The standard InChI is InChI=1S/C15H10O2S/c18-15-16-13(11-7-3-1-4-8-11)14(17-15)12-9-5-2-6-10-12/h1-10H. The van der Waals surface area contributed by atoms with Crippen molar-refractivity contribution in [2.45, 2.75) is 0 Å². The maximum absolute atomic E-state index is 5.50. The average molecular weight is 254 g/mol. The number of benzene rings is 2. The maximum atomic E-state index is 5.50. The van der Waals surface area contributed by atoms with Crippen molar-refractivity contribution in [2.24, 2.45) is 0 Å². The van der Waals surface area contributed by atoms with Crippen LogP contribution in [-0.4, -0.2) is 0 Å². The van der Waals surface area contributed by atoms with E-state index in [4.69, 9.17) is 21.1 Å². The highest BCUT2D eigenvalue weighted by Gasteiger charge is 2.14. The van der Waals surface area contributed by atoms with Gasteiger partial charge in [0, 0.05) is 23.3 Å².